The fourth-order valence-electron chi connectivity index (χ4n) is 2.13. The lowest BCUT2D eigenvalue weighted by Gasteiger charge is -2.38. The van der Waals surface area contributed by atoms with E-state index in [1.54, 1.807) is 0 Å². The van der Waals surface area contributed by atoms with Crippen molar-refractivity contribution in [2.45, 2.75) is 19.8 Å². The van der Waals surface area contributed by atoms with Crippen LogP contribution in [-0.2, 0) is 0 Å². The van der Waals surface area contributed by atoms with E-state index in [0.29, 0.717) is 0 Å². The van der Waals surface area contributed by atoms with E-state index in [0.717, 1.165) is 13.2 Å². The summed E-state index contributed by atoms with van der Waals surface area (Å²) in [5.41, 5.74) is 4.21. The summed E-state index contributed by atoms with van der Waals surface area (Å²) in [5.74, 6) is 0. The van der Waals surface area contributed by atoms with Crippen molar-refractivity contribution in [3.05, 3.63) is 23.4 Å². The van der Waals surface area contributed by atoms with Crippen LogP contribution in [0.15, 0.2) is 23.4 Å². The number of allylic oxidation sites excluding steroid dienone is 1. The van der Waals surface area contributed by atoms with Gasteiger partial charge in [-0.3, -0.25) is 5.32 Å². The molecule has 1 fully saturated rings. The number of piperidine rings is 1. The average Bonchev–Trinajstić information content (AvgIpc) is 2.04. The molecule has 2 rings (SSSR count). The molecule has 0 aromatic heterocycles. The predicted molar refractivity (Wildman–Crippen MR) is 50.6 cm³/mol. The molecule has 2 aliphatic heterocycles. The standard InChI is InChI=1S/C10H16N2/c1-8-4-3-5-12-7-11-6-9(2)10(8)12/h11H,1,3-7H2,2H3. The first-order valence-corrected chi connectivity index (χ1v) is 4.62. The van der Waals surface area contributed by atoms with Gasteiger partial charge in [0.05, 0.1) is 6.67 Å². The summed E-state index contributed by atoms with van der Waals surface area (Å²) in [6.45, 7) is 9.55. The van der Waals surface area contributed by atoms with Crippen LogP contribution in [0, 0.1) is 0 Å². The zero-order valence-corrected chi connectivity index (χ0v) is 7.69. The summed E-state index contributed by atoms with van der Waals surface area (Å²) < 4.78 is 0. The molecular weight excluding hydrogens is 148 g/mol. The lowest BCUT2D eigenvalue weighted by Crippen LogP contribution is -2.42. The van der Waals surface area contributed by atoms with E-state index in [2.05, 4.69) is 23.7 Å². The Bertz CT molecular complexity index is 240. The van der Waals surface area contributed by atoms with Crippen molar-refractivity contribution in [3.63, 3.8) is 0 Å². The van der Waals surface area contributed by atoms with Crippen LogP contribution in [0.1, 0.15) is 19.8 Å². The van der Waals surface area contributed by atoms with Crippen molar-refractivity contribution >= 4 is 0 Å². The highest BCUT2D eigenvalue weighted by molar-refractivity contribution is 5.35. The maximum Gasteiger partial charge on any atom is 0.0684 e. The van der Waals surface area contributed by atoms with Gasteiger partial charge >= 0.3 is 0 Å². The fourth-order valence-corrected chi connectivity index (χ4v) is 2.13. The minimum atomic E-state index is 1.01. The van der Waals surface area contributed by atoms with Crippen LogP contribution in [0.4, 0.5) is 0 Å². The highest BCUT2D eigenvalue weighted by Gasteiger charge is 2.22. The van der Waals surface area contributed by atoms with Crippen LogP contribution in [0.3, 0.4) is 0 Å². The molecule has 2 heteroatoms. The Morgan fingerprint density at radius 2 is 2.33 bits per heavy atom. The summed E-state index contributed by atoms with van der Waals surface area (Å²) in [4.78, 5) is 2.41. The molecule has 2 heterocycles. The van der Waals surface area contributed by atoms with E-state index in [-0.39, 0.29) is 0 Å². The third kappa shape index (κ3) is 1.16. The first-order valence-electron chi connectivity index (χ1n) is 4.62. The average molecular weight is 164 g/mol. The minimum Gasteiger partial charge on any atom is -0.359 e. The monoisotopic (exact) mass is 164 g/mol. The SMILES string of the molecule is C=C1CCCN2CNCC(C)=C12. The van der Waals surface area contributed by atoms with Crippen molar-refractivity contribution in [2.75, 3.05) is 19.8 Å². The van der Waals surface area contributed by atoms with Crippen molar-refractivity contribution in [1.82, 2.24) is 10.2 Å². The second kappa shape index (κ2) is 2.94. The summed E-state index contributed by atoms with van der Waals surface area (Å²) in [5, 5.41) is 3.38. The van der Waals surface area contributed by atoms with Gasteiger partial charge in [0.25, 0.3) is 0 Å². The molecule has 0 spiro atoms. The third-order valence-corrected chi connectivity index (χ3v) is 2.65. The molecular formula is C10H16N2. The largest absolute Gasteiger partial charge is 0.359 e. The molecule has 0 aliphatic carbocycles. The smallest absolute Gasteiger partial charge is 0.0684 e. The molecule has 0 aromatic rings. The van der Waals surface area contributed by atoms with Gasteiger partial charge in [-0.2, -0.15) is 0 Å². The molecule has 0 saturated carbocycles. The van der Waals surface area contributed by atoms with E-state index < -0.39 is 0 Å². The Labute approximate surface area is 73.9 Å². The zero-order chi connectivity index (χ0) is 8.55. The van der Waals surface area contributed by atoms with Gasteiger partial charge in [0.15, 0.2) is 0 Å². The van der Waals surface area contributed by atoms with Gasteiger partial charge < -0.3 is 4.90 Å². The lowest BCUT2D eigenvalue weighted by molar-refractivity contribution is 0.280. The van der Waals surface area contributed by atoms with Gasteiger partial charge in [-0.05, 0) is 30.9 Å². The second-order valence-corrected chi connectivity index (χ2v) is 3.68. The van der Waals surface area contributed by atoms with Crippen LogP contribution in [-0.4, -0.2) is 24.7 Å². The maximum absolute atomic E-state index is 4.12. The lowest BCUT2D eigenvalue weighted by atomic mass is 9.97. The van der Waals surface area contributed by atoms with Crippen LogP contribution in [0.25, 0.3) is 0 Å². The molecule has 0 bridgehead atoms. The summed E-state index contributed by atoms with van der Waals surface area (Å²) >= 11 is 0. The van der Waals surface area contributed by atoms with Crippen LogP contribution in [0.2, 0.25) is 0 Å². The summed E-state index contributed by atoms with van der Waals surface area (Å²) in [6, 6.07) is 0. The molecule has 0 atom stereocenters. The molecule has 0 amide bonds. The first kappa shape index (κ1) is 7.87. The Kier molecular flexibility index (Phi) is 1.93. The number of nitrogens with zero attached hydrogens (tertiary/aromatic N) is 1. The number of hydrogen-bond acceptors (Lipinski definition) is 2. The van der Waals surface area contributed by atoms with E-state index in [4.69, 9.17) is 0 Å². The predicted octanol–water partition coefficient (Wildman–Crippen LogP) is 1.47. The van der Waals surface area contributed by atoms with Gasteiger partial charge in [0.1, 0.15) is 0 Å². The summed E-state index contributed by atoms with van der Waals surface area (Å²) in [6.07, 6.45) is 2.44. The van der Waals surface area contributed by atoms with Gasteiger partial charge in [-0.25, -0.2) is 0 Å². The van der Waals surface area contributed by atoms with E-state index in [9.17, 15) is 0 Å². The van der Waals surface area contributed by atoms with Crippen molar-refractivity contribution < 1.29 is 0 Å². The second-order valence-electron chi connectivity index (χ2n) is 3.68. The van der Waals surface area contributed by atoms with Crippen LogP contribution >= 0.6 is 0 Å². The highest BCUT2D eigenvalue weighted by atomic mass is 15.2. The number of nitrogens with one attached hydrogen (secondary N) is 1. The molecule has 1 saturated heterocycles. The fraction of sp³-hybridized carbons (Fsp3) is 0.600. The van der Waals surface area contributed by atoms with E-state index in [1.165, 1.54) is 36.2 Å². The van der Waals surface area contributed by atoms with Crippen molar-refractivity contribution in [3.8, 4) is 0 Å². The van der Waals surface area contributed by atoms with E-state index >= 15 is 0 Å². The highest BCUT2D eigenvalue weighted by Crippen LogP contribution is 2.28. The molecule has 0 unspecified atom stereocenters. The van der Waals surface area contributed by atoms with Crippen molar-refractivity contribution in [1.29, 1.82) is 0 Å². The Morgan fingerprint density at radius 3 is 3.08 bits per heavy atom. The minimum absolute atomic E-state index is 1.01. The molecule has 0 radical (unpaired) electrons. The van der Waals surface area contributed by atoms with Crippen LogP contribution < -0.4 is 5.32 Å². The summed E-state index contributed by atoms with van der Waals surface area (Å²) in [7, 11) is 0. The quantitative estimate of drug-likeness (QED) is 0.583. The number of hydrogen-bond donors (Lipinski definition) is 1. The van der Waals surface area contributed by atoms with Gasteiger partial charge in [0.2, 0.25) is 0 Å². The molecule has 1 N–H and O–H groups in total. The number of fused-ring (bicyclic) bond motifs is 1. The van der Waals surface area contributed by atoms with Gasteiger partial charge in [-0.15, -0.1) is 0 Å². The normalized spacial score (nSPS) is 24.4. The molecule has 66 valence electrons. The maximum atomic E-state index is 4.12. The van der Waals surface area contributed by atoms with Gasteiger partial charge in [-0.1, -0.05) is 6.58 Å². The van der Waals surface area contributed by atoms with Crippen molar-refractivity contribution in [2.24, 2.45) is 0 Å². The zero-order valence-electron chi connectivity index (χ0n) is 7.69. The molecule has 2 aliphatic rings. The number of rotatable bonds is 0. The topological polar surface area (TPSA) is 15.3 Å². The molecule has 0 aromatic carbocycles. The van der Waals surface area contributed by atoms with Crippen LogP contribution in [0.5, 0.6) is 0 Å². The Morgan fingerprint density at radius 1 is 1.50 bits per heavy atom. The molecule has 2 nitrogen and oxygen atoms in total. The third-order valence-electron chi connectivity index (χ3n) is 2.65. The van der Waals surface area contributed by atoms with Gasteiger partial charge in [0, 0.05) is 18.8 Å². The van der Waals surface area contributed by atoms with E-state index in [1.807, 2.05) is 0 Å². The first-order chi connectivity index (χ1) is 5.79. The molecule has 12 heavy (non-hydrogen) atoms. The Hall–Kier alpha value is -0.760. The Balaban J connectivity index is 2.32.